The average molecular weight is 980 g/mol. The molecule has 17 heteroatoms. The minimum atomic E-state index is -0.862. The number of aromatic hydroxyl groups is 1. The summed E-state index contributed by atoms with van der Waals surface area (Å²) in [4.78, 5) is 67.2. The molecule has 2 saturated heterocycles. The van der Waals surface area contributed by atoms with Crippen LogP contribution in [0.3, 0.4) is 0 Å². The first-order valence-electron chi connectivity index (χ1n) is 25.2. The Morgan fingerprint density at radius 1 is 0.887 bits per heavy atom. The van der Waals surface area contributed by atoms with Crippen molar-refractivity contribution in [3.8, 4) is 27.4 Å². The van der Waals surface area contributed by atoms with E-state index in [0.717, 1.165) is 109 Å². The van der Waals surface area contributed by atoms with E-state index in [4.69, 9.17) is 9.97 Å². The van der Waals surface area contributed by atoms with Crippen molar-refractivity contribution in [2.45, 2.75) is 129 Å². The molecule has 0 unspecified atom stereocenters. The Bertz CT molecular complexity index is 2880. The van der Waals surface area contributed by atoms with Crippen LogP contribution in [0.5, 0.6) is 5.75 Å². The number of aryl methyl sites for hydroxylation is 1. The number of benzene rings is 2. The first kappa shape index (κ1) is 48.3. The van der Waals surface area contributed by atoms with Crippen LogP contribution in [0.4, 0.5) is 5.95 Å². The summed E-state index contributed by atoms with van der Waals surface area (Å²) in [7, 11) is 0. The lowest BCUT2D eigenvalue weighted by Gasteiger charge is -2.41. The minimum absolute atomic E-state index is 0.0320. The summed E-state index contributed by atoms with van der Waals surface area (Å²) in [5.41, 5.74) is 9.64. The number of carbonyl (C=O) groups is 3. The van der Waals surface area contributed by atoms with Crippen LogP contribution >= 0.6 is 11.3 Å². The fraction of sp³-hybridized carbons (Fsp3) is 0.481. The minimum Gasteiger partial charge on any atom is -0.507 e. The monoisotopic (exact) mass is 979 g/mol. The number of carbonyl (C=O) groups excluding carboxylic acids is 3. The molecule has 1 aliphatic carbocycles. The normalized spacial score (nSPS) is 22.0. The van der Waals surface area contributed by atoms with Crippen LogP contribution < -0.4 is 15.5 Å². The fourth-order valence-electron chi connectivity index (χ4n) is 11.3. The maximum Gasteiger partial charge on any atom is 0.246 e. The molecule has 71 heavy (non-hydrogen) atoms. The van der Waals surface area contributed by atoms with Gasteiger partial charge in [0, 0.05) is 79.0 Å². The van der Waals surface area contributed by atoms with Gasteiger partial charge >= 0.3 is 0 Å². The summed E-state index contributed by atoms with van der Waals surface area (Å²) < 4.78 is 0. The van der Waals surface area contributed by atoms with E-state index in [1.165, 1.54) is 10.5 Å². The zero-order valence-corrected chi connectivity index (χ0v) is 42.1. The van der Waals surface area contributed by atoms with Gasteiger partial charge in [-0.25, -0.2) is 15.0 Å². The maximum atomic E-state index is 14.4. The first-order chi connectivity index (χ1) is 34.2. The van der Waals surface area contributed by atoms with Gasteiger partial charge in [-0.2, -0.15) is 0 Å². The summed E-state index contributed by atoms with van der Waals surface area (Å²) in [6.45, 7) is 13.1. The summed E-state index contributed by atoms with van der Waals surface area (Å²) in [6.07, 6.45) is 9.46. The molecule has 0 spiro atoms. The predicted octanol–water partition coefficient (Wildman–Crippen LogP) is 7.22. The van der Waals surface area contributed by atoms with E-state index >= 15 is 0 Å². The van der Waals surface area contributed by atoms with E-state index in [0.29, 0.717) is 35.7 Å². The lowest BCUT2D eigenvalue weighted by Crippen LogP contribution is -2.58. The zero-order chi connectivity index (χ0) is 49.6. The number of H-pyrrole nitrogens is 1. The summed E-state index contributed by atoms with van der Waals surface area (Å²) in [6, 6.07) is 15.6. The number of thiazole rings is 1. The van der Waals surface area contributed by atoms with Gasteiger partial charge in [0.25, 0.3) is 0 Å². The van der Waals surface area contributed by atoms with E-state index in [2.05, 4.69) is 40.6 Å². The van der Waals surface area contributed by atoms with Crippen LogP contribution in [0.25, 0.3) is 32.7 Å². The number of hydrogen-bond acceptors (Lipinski definition) is 13. The second kappa shape index (κ2) is 20.1. The van der Waals surface area contributed by atoms with Crippen molar-refractivity contribution in [3.63, 3.8) is 0 Å². The molecule has 372 valence electrons. The molecule has 4 atom stereocenters. The number of rotatable bonds is 11. The van der Waals surface area contributed by atoms with E-state index in [1.807, 2.05) is 95.0 Å². The van der Waals surface area contributed by atoms with Crippen molar-refractivity contribution < 1.29 is 24.6 Å². The Hall–Kier alpha value is -6.30. The van der Waals surface area contributed by atoms with Crippen LogP contribution in [-0.4, -0.2) is 118 Å². The van der Waals surface area contributed by atoms with Crippen molar-refractivity contribution in [1.82, 2.24) is 50.6 Å². The van der Waals surface area contributed by atoms with Crippen LogP contribution in [0, 0.1) is 18.3 Å². The molecule has 1 saturated carbocycles. The molecular formula is C54H65N11O5S. The Morgan fingerprint density at radius 2 is 1.62 bits per heavy atom. The highest BCUT2D eigenvalue weighted by Gasteiger charge is 2.45. The number of phenols is 1. The topological polar surface area (TPSA) is 206 Å². The number of anilines is 1. The number of phenolic OH excluding ortho intramolecular Hbond substituents is 1. The van der Waals surface area contributed by atoms with E-state index in [-0.39, 0.29) is 48.4 Å². The number of aliphatic hydroxyl groups excluding tert-OH is 1. The Kier molecular flexibility index (Phi) is 13.7. The number of para-hydroxylation sites is 1. The second-order valence-corrected chi connectivity index (χ2v) is 22.1. The van der Waals surface area contributed by atoms with Crippen molar-refractivity contribution in [1.29, 1.82) is 0 Å². The molecule has 7 heterocycles. The van der Waals surface area contributed by atoms with Gasteiger partial charge < -0.3 is 40.5 Å². The van der Waals surface area contributed by atoms with Gasteiger partial charge in [-0.15, -0.1) is 21.5 Å². The third kappa shape index (κ3) is 10.1. The van der Waals surface area contributed by atoms with Gasteiger partial charge in [-0.3, -0.25) is 14.4 Å². The van der Waals surface area contributed by atoms with Gasteiger partial charge in [0.1, 0.15) is 17.8 Å². The highest BCUT2D eigenvalue weighted by Crippen LogP contribution is 2.37. The standard InChI is InChI=1S/C54H65N11O5S/c1-31(33-10-12-35(13-11-33)47-32(2)57-30-71-47)58-51(69)45-24-39(66)28-65(45)52(70)48(54(3,4)5)60-50(68)36-14-16-38(17-15-36)63-21-18-34(19-22-63)37-26-55-53(56-27-37)64-23-20-43-42(29-64)41-25-44(61-62-49(41)59-43)40-8-6-7-9-46(40)67/h6-13,25-27,30-31,34,36,38-39,45,48,66-67H,14-24,28-29H2,1-5H3,(H,58,69)(H,59,62)(H,60,68)/t31-,36-,38+,39+,45-,48+/m0/s1. The lowest BCUT2D eigenvalue weighted by atomic mass is 9.81. The second-order valence-electron chi connectivity index (χ2n) is 21.2. The number of aromatic amines is 1. The smallest absolute Gasteiger partial charge is 0.246 e. The van der Waals surface area contributed by atoms with Gasteiger partial charge in [0.15, 0.2) is 5.65 Å². The number of aromatic nitrogens is 6. The molecule has 6 aromatic rings. The molecule has 5 N–H and O–H groups in total. The lowest BCUT2D eigenvalue weighted by molar-refractivity contribution is -0.145. The number of hydrogen-bond donors (Lipinski definition) is 5. The summed E-state index contributed by atoms with van der Waals surface area (Å²) >= 11 is 1.59. The van der Waals surface area contributed by atoms with Crippen molar-refractivity contribution >= 4 is 46.0 Å². The number of aliphatic hydroxyl groups is 1. The molecule has 3 fully saturated rings. The third-order valence-corrected chi connectivity index (χ3v) is 16.5. The number of fused-ring (bicyclic) bond motifs is 3. The average Bonchev–Trinajstić information content (AvgIpc) is 4.11. The van der Waals surface area contributed by atoms with E-state index < -0.39 is 23.6 Å². The molecule has 10 rings (SSSR count). The van der Waals surface area contributed by atoms with Gasteiger partial charge in [0.05, 0.1) is 33.9 Å². The predicted molar refractivity (Wildman–Crippen MR) is 273 cm³/mol. The van der Waals surface area contributed by atoms with Crippen LogP contribution in [0.1, 0.15) is 113 Å². The molecule has 0 radical (unpaired) electrons. The largest absolute Gasteiger partial charge is 0.507 e. The van der Waals surface area contributed by atoms with Crippen molar-refractivity contribution in [2.75, 3.05) is 31.1 Å². The number of nitrogens with one attached hydrogen (secondary N) is 3. The van der Waals surface area contributed by atoms with Gasteiger partial charge in [0.2, 0.25) is 23.7 Å². The van der Waals surface area contributed by atoms with Crippen molar-refractivity contribution in [2.24, 2.45) is 11.3 Å². The molecule has 2 aromatic carbocycles. The van der Waals surface area contributed by atoms with Gasteiger partial charge in [-0.1, -0.05) is 57.2 Å². The van der Waals surface area contributed by atoms with E-state index in [9.17, 15) is 24.6 Å². The quantitative estimate of drug-likeness (QED) is 0.0873. The van der Waals surface area contributed by atoms with Crippen LogP contribution in [0.15, 0.2) is 72.5 Å². The highest BCUT2D eigenvalue weighted by molar-refractivity contribution is 7.13. The molecular weight excluding hydrogens is 915 g/mol. The molecule has 16 nitrogen and oxygen atoms in total. The Balaban J connectivity index is 0.699. The molecule has 4 aliphatic rings. The zero-order valence-electron chi connectivity index (χ0n) is 41.3. The number of nitrogens with zero attached hydrogens (tertiary/aromatic N) is 8. The number of amides is 3. The number of β-amino-alcohol motifs (C(OH)–C–C–N with tert-alkyl or cyclic N) is 1. The Labute approximate surface area is 418 Å². The Morgan fingerprint density at radius 3 is 2.31 bits per heavy atom. The van der Waals surface area contributed by atoms with Crippen LogP contribution in [0.2, 0.25) is 0 Å². The fourth-order valence-corrected chi connectivity index (χ4v) is 12.1. The van der Waals surface area contributed by atoms with Gasteiger partial charge in [-0.05, 0) is 112 Å². The number of likely N-dealkylation sites (tertiary alicyclic amines) is 2. The van der Waals surface area contributed by atoms with E-state index in [1.54, 1.807) is 23.5 Å². The highest BCUT2D eigenvalue weighted by atomic mass is 32.1. The summed E-state index contributed by atoms with van der Waals surface area (Å²) in [5.74, 6) is 0.268. The molecule has 0 bridgehead atoms. The number of piperidine rings is 1. The molecule has 3 amide bonds. The maximum absolute atomic E-state index is 14.4. The third-order valence-electron chi connectivity index (χ3n) is 15.5. The molecule has 4 aromatic heterocycles. The van der Waals surface area contributed by atoms with Crippen LogP contribution in [-0.2, 0) is 27.3 Å². The molecule has 3 aliphatic heterocycles. The SMILES string of the molecule is Cc1ncsc1-c1ccc([C@H](C)NC(=O)[C@@H]2C[C@@H](O)CN2C(=O)[C@@H](NC(=O)[C@H]2CC[C@@H](N3CCC(c4cnc(N5CCc6[nH]c7nnc(-c8ccccc8O)cc7c6C5)nc4)CC3)CC2)C(C)(C)C)cc1. The van der Waals surface area contributed by atoms with Crippen molar-refractivity contribution in [3.05, 3.63) is 101 Å². The summed E-state index contributed by atoms with van der Waals surface area (Å²) in [5, 5.41) is 37.3. The first-order valence-corrected chi connectivity index (χ1v) is 26.1.